The number of nitrogens with zero attached hydrogens (tertiary/aromatic N) is 3. The Bertz CT molecular complexity index is 1100. The van der Waals surface area contributed by atoms with E-state index in [0.29, 0.717) is 50.6 Å². The van der Waals surface area contributed by atoms with Crippen LogP contribution in [0.15, 0.2) is 47.4 Å². The van der Waals surface area contributed by atoms with Crippen LogP contribution < -0.4 is 0 Å². The first kappa shape index (κ1) is 24.1. The van der Waals surface area contributed by atoms with Crippen LogP contribution >= 0.6 is 11.6 Å². The highest BCUT2D eigenvalue weighted by atomic mass is 35.5. The minimum Gasteiger partial charge on any atom is -0.340 e. The van der Waals surface area contributed by atoms with Crippen molar-refractivity contribution in [3.8, 4) is 0 Å². The van der Waals surface area contributed by atoms with Crippen molar-refractivity contribution in [2.45, 2.75) is 24.3 Å². The van der Waals surface area contributed by atoms with Crippen molar-refractivity contribution in [2.24, 2.45) is 5.92 Å². The van der Waals surface area contributed by atoms with Gasteiger partial charge in [-0.1, -0.05) is 17.7 Å². The van der Waals surface area contributed by atoms with Gasteiger partial charge in [-0.05, 0) is 54.8 Å². The van der Waals surface area contributed by atoms with Gasteiger partial charge >= 0.3 is 0 Å². The molecule has 0 aromatic heterocycles. The molecule has 0 bridgehead atoms. The Hall–Kier alpha value is -2.07. The second kappa shape index (κ2) is 10.0. The minimum atomic E-state index is -3.70. The van der Waals surface area contributed by atoms with Gasteiger partial charge in [0, 0.05) is 56.8 Å². The third-order valence-corrected chi connectivity index (χ3v) is 8.61. The summed E-state index contributed by atoms with van der Waals surface area (Å²) in [5.41, 5.74) is 0.854. The van der Waals surface area contributed by atoms with Crippen LogP contribution in [0.4, 0.5) is 8.78 Å². The van der Waals surface area contributed by atoms with Crippen LogP contribution in [-0.2, 0) is 21.4 Å². The van der Waals surface area contributed by atoms with E-state index in [-0.39, 0.29) is 35.6 Å². The first-order valence-electron chi connectivity index (χ1n) is 10.9. The predicted molar refractivity (Wildman–Crippen MR) is 121 cm³/mol. The normalized spacial score (nSPS) is 19.1. The molecule has 33 heavy (non-hydrogen) atoms. The summed E-state index contributed by atoms with van der Waals surface area (Å²) in [6, 6.07) is 9.17. The summed E-state index contributed by atoms with van der Waals surface area (Å²) in [5.74, 6) is -0.995. The molecular formula is C23H26ClF2N3O3S. The van der Waals surface area contributed by atoms with E-state index in [1.165, 1.54) is 28.6 Å². The van der Waals surface area contributed by atoms with Crippen molar-refractivity contribution in [3.63, 3.8) is 0 Å². The summed E-state index contributed by atoms with van der Waals surface area (Å²) in [7, 11) is -3.70. The van der Waals surface area contributed by atoms with E-state index in [0.717, 1.165) is 17.7 Å². The van der Waals surface area contributed by atoms with Gasteiger partial charge in [0.2, 0.25) is 15.9 Å². The number of amides is 1. The molecule has 10 heteroatoms. The van der Waals surface area contributed by atoms with Gasteiger partial charge in [-0.25, -0.2) is 17.2 Å². The first-order chi connectivity index (χ1) is 15.7. The molecule has 2 aliphatic rings. The molecule has 2 aliphatic heterocycles. The lowest BCUT2D eigenvalue weighted by atomic mass is 9.96. The molecule has 6 nitrogen and oxygen atoms in total. The van der Waals surface area contributed by atoms with Gasteiger partial charge in [-0.15, -0.1) is 0 Å². The van der Waals surface area contributed by atoms with Gasteiger partial charge in [0.05, 0.1) is 4.90 Å². The van der Waals surface area contributed by atoms with Crippen molar-refractivity contribution in [3.05, 3.63) is 64.7 Å². The van der Waals surface area contributed by atoms with Gasteiger partial charge in [0.1, 0.15) is 11.6 Å². The van der Waals surface area contributed by atoms with Gasteiger partial charge in [-0.2, -0.15) is 4.31 Å². The van der Waals surface area contributed by atoms with E-state index < -0.39 is 15.8 Å². The maximum Gasteiger partial charge on any atom is 0.243 e. The Morgan fingerprint density at radius 1 is 0.909 bits per heavy atom. The molecule has 0 atom stereocenters. The zero-order chi connectivity index (χ0) is 23.6. The van der Waals surface area contributed by atoms with Crippen molar-refractivity contribution >= 4 is 27.5 Å². The monoisotopic (exact) mass is 497 g/mol. The highest BCUT2D eigenvalue weighted by Gasteiger charge is 2.34. The fourth-order valence-electron chi connectivity index (χ4n) is 4.37. The third kappa shape index (κ3) is 5.54. The van der Waals surface area contributed by atoms with Gasteiger partial charge < -0.3 is 4.90 Å². The Kier molecular flexibility index (Phi) is 7.33. The maximum atomic E-state index is 13.2. The maximum absolute atomic E-state index is 13.2. The summed E-state index contributed by atoms with van der Waals surface area (Å²) < 4.78 is 53.3. The Balaban J connectivity index is 1.27. The van der Waals surface area contributed by atoms with Crippen LogP contribution in [0.5, 0.6) is 0 Å². The molecule has 0 unspecified atom stereocenters. The van der Waals surface area contributed by atoms with E-state index in [2.05, 4.69) is 4.90 Å². The fourth-order valence-corrected chi connectivity index (χ4v) is 6.07. The quantitative estimate of drug-likeness (QED) is 0.635. The van der Waals surface area contributed by atoms with Crippen LogP contribution in [0, 0.1) is 17.6 Å². The van der Waals surface area contributed by atoms with Gasteiger partial charge in [0.25, 0.3) is 0 Å². The standard InChI is InChI=1S/C23H26ClF2N3O3S/c24-22-15-20(26)2-1-18(22)16-27-11-13-28(14-12-27)23(30)17-7-9-29(10-8-17)33(31,32)21-5-3-19(25)4-6-21/h1-6,15,17H,7-14,16H2. The predicted octanol–water partition coefficient (Wildman–Crippen LogP) is 3.36. The van der Waals surface area contributed by atoms with Crippen LogP contribution in [-0.4, -0.2) is 67.7 Å². The Labute approximate surface area is 197 Å². The Morgan fingerprint density at radius 2 is 1.52 bits per heavy atom. The first-order valence-corrected chi connectivity index (χ1v) is 12.8. The molecule has 178 valence electrons. The molecule has 2 saturated heterocycles. The Morgan fingerprint density at radius 3 is 2.12 bits per heavy atom. The van der Waals surface area contributed by atoms with Gasteiger partial charge in [0.15, 0.2) is 0 Å². The van der Waals surface area contributed by atoms with E-state index in [1.54, 1.807) is 6.07 Å². The number of hydrogen-bond acceptors (Lipinski definition) is 4. The van der Waals surface area contributed by atoms with Crippen LogP contribution in [0.2, 0.25) is 5.02 Å². The smallest absolute Gasteiger partial charge is 0.243 e. The van der Waals surface area contributed by atoms with Crippen molar-refractivity contribution in [1.82, 2.24) is 14.1 Å². The van der Waals surface area contributed by atoms with E-state index in [9.17, 15) is 22.0 Å². The topological polar surface area (TPSA) is 60.9 Å². The summed E-state index contributed by atoms with van der Waals surface area (Å²) in [5, 5.41) is 0.399. The second-order valence-corrected chi connectivity index (χ2v) is 10.8. The summed E-state index contributed by atoms with van der Waals surface area (Å²) in [6.45, 7) is 3.69. The number of hydrogen-bond donors (Lipinski definition) is 0. The molecule has 2 heterocycles. The largest absolute Gasteiger partial charge is 0.340 e. The number of carbonyl (C=O) groups excluding carboxylic acids is 1. The van der Waals surface area contributed by atoms with E-state index >= 15 is 0 Å². The number of piperidine rings is 1. The molecular weight excluding hydrogens is 472 g/mol. The molecule has 0 spiro atoms. The highest BCUT2D eigenvalue weighted by molar-refractivity contribution is 7.89. The molecule has 2 aromatic carbocycles. The molecule has 0 radical (unpaired) electrons. The number of rotatable bonds is 5. The summed E-state index contributed by atoms with van der Waals surface area (Å²) in [4.78, 5) is 17.1. The zero-order valence-corrected chi connectivity index (χ0v) is 19.7. The SMILES string of the molecule is O=C(C1CCN(S(=O)(=O)c2ccc(F)cc2)CC1)N1CCN(Cc2ccc(F)cc2Cl)CC1. The summed E-state index contributed by atoms with van der Waals surface area (Å²) >= 11 is 6.12. The molecule has 2 fully saturated rings. The fraction of sp³-hybridized carbons (Fsp3) is 0.435. The lowest BCUT2D eigenvalue weighted by Gasteiger charge is -2.38. The molecule has 2 aromatic rings. The van der Waals surface area contributed by atoms with E-state index in [4.69, 9.17) is 11.6 Å². The highest BCUT2D eigenvalue weighted by Crippen LogP contribution is 2.26. The molecule has 4 rings (SSSR count). The van der Waals surface area contributed by atoms with Crippen molar-refractivity contribution < 1.29 is 22.0 Å². The molecule has 0 aliphatic carbocycles. The molecule has 0 N–H and O–H groups in total. The minimum absolute atomic E-state index is 0.0612. The van der Waals surface area contributed by atoms with E-state index in [1.807, 2.05) is 4.90 Å². The number of sulfonamides is 1. The molecule has 0 saturated carbocycles. The van der Waals surface area contributed by atoms with Crippen LogP contribution in [0.3, 0.4) is 0 Å². The zero-order valence-electron chi connectivity index (χ0n) is 18.1. The lowest BCUT2D eigenvalue weighted by Crippen LogP contribution is -2.51. The average molecular weight is 498 g/mol. The van der Waals surface area contributed by atoms with Crippen LogP contribution in [0.25, 0.3) is 0 Å². The van der Waals surface area contributed by atoms with Gasteiger partial charge in [-0.3, -0.25) is 9.69 Å². The van der Waals surface area contributed by atoms with Crippen LogP contribution in [0.1, 0.15) is 18.4 Å². The number of piperazine rings is 1. The van der Waals surface area contributed by atoms with Crippen molar-refractivity contribution in [2.75, 3.05) is 39.3 Å². The third-order valence-electron chi connectivity index (χ3n) is 6.35. The number of halogens is 3. The number of benzene rings is 2. The van der Waals surface area contributed by atoms with Crippen molar-refractivity contribution in [1.29, 1.82) is 0 Å². The lowest BCUT2D eigenvalue weighted by molar-refractivity contribution is -0.138. The average Bonchev–Trinajstić information content (AvgIpc) is 2.81. The summed E-state index contributed by atoms with van der Waals surface area (Å²) in [6.07, 6.45) is 0.926. The second-order valence-electron chi connectivity index (χ2n) is 8.47. The number of carbonyl (C=O) groups is 1. The molecule has 1 amide bonds.